The molecule has 0 unspecified atom stereocenters. The lowest BCUT2D eigenvalue weighted by molar-refractivity contribution is -0.301. The van der Waals surface area contributed by atoms with Crippen LogP contribution in [-0.2, 0) is 33.3 Å². The predicted octanol–water partition coefficient (Wildman–Crippen LogP) is 0.332. The van der Waals surface area contributed by atoms with E-state index in [1.807, 2.05) is 0 Å². The molecule has 0 amide bonds. The summed E-state index contributed by atoms with van der Waals surface area (Å²) in [5, 5.41) is 0. The maximum absolute atomic E-state index is 12.8. The van der Waals surface area contributed by atoms with Gasteiger partial charge in [-0.05, 0) is 6.42 Å². The van der Waals surface area contributed by atoms with Crippen LogP contribution in [-0.4, -0.2) is 66.4 Å². The first-order valence-electron chi connectivity index (χ1n) is 8.96. The third-order valence-electron chi connectivity index (χ3n) is 7.46. The van der Waals surface area contributed by atoms with Crippen molar-refractivity contribution in [2.24, 2.45) is 17.3 Å². The Kier molecular flexibility index (Phi) is 2.77. The molecule has 7 rings (SSSR count). The van der Waals surface area contributed by atoms with E-state index >= 15 is 0 Å². The fraction of sp³-hybridized carbons (Fsp3) is 0.824. The van der Waals surface area contributed by atoms with Crippen LogP contribution in [0.2, 0.25) is 0 Å². The lowest BCUT2D eigenvalue weighted by Gasteiger charge is -2.63. The molecule has 1 saturated carbocycles. The lowest BCUT2D eigenvalue weighted by Crippen LogP contribution is -2.76. The number of hydrogen-bond acceptors (Lipinski definition) is 7. The number of fused-ring (bicyclic) bond motifs is 6. The minimum atomic E-state index is -5.16. The Hall–Kier alpha value is -1.52. The molecule has 6 saturated heterocycles. The van der Waals surface area contributed by atoms with Gasteiger partial charge in [0.05, 0.1) is 18.8 Å². The largest absolute Gasteiger partial charge is 0.490 e. The van der Waals surface area contributed by atoms with Crippen LogP contribution >= 0.6 is 0 Å². The van der Waals surface area contributed by atoms with Crippen LogP contribution < -0.4 is 0 Å². The number of esters is 1. The summed E-state index contributed by atoms with van der Waals surface area (Å²) in [6, 6.07) is 0. The van der Waals surface area contributed by atoms with Crippen LogP contribution in [0.15, 0.2) is 0 Å². The van der Waals surface area contributed by atoms with Gasteiger partial charge >= 0.3 is 12.1 Å². The van der Waals surface area contributed by atoms with Crippen molar-refractivity contribution in [3.63, 3.8) is 0 Å². The van der Waals surface area contributed by atoms with Gasteiger partial charge in [0.2, 0.25) is 0 Å². The predicted molar refractivity (Wildman–Crippen MR) is 75.2 cm³/mol. The molecule has 6 heterocycles. The van der Waals surface area contributed by atoms with Crippen molar-refractivity contribution in [2.75, 3.05) is 6.61 Å². The summed E-state index contributed by atoms with van der Waals surface area (Å²) in [5.41, 5.74) is -2.26. The Labute approximate surface area is 150 Å². The minimum absolute atomic E-state index is 0.00273. The summed E-state index contributed by atoms with van der Waals surface area (Å²) in [6.45, 7) is 0.0843. The van der Waals surface area contributed by atoms with Gasteiger partial charge in [-0.15, -0.1) is 0 Å². The monoisotopic (exact) mass is 388 g/mol. The Morgan fingerprint density at radius 2 is 1.67 bits per heavy atom. The third-order valence-corrected chi connectivity index (χ3v) is 7.46. The highest BCUT2D eigenvalue weighted by molar-refractivity contribution is 5.90. The van der Waals surface area contributed by atoms with Crippen LogP contribution in [0.3, 0.4) is 0 Å². The maximum atomic E-state index is 12.8. The zero-order valence-electron chi connectivity index (χ0n) is 13.9. The second kappa shape index (κ2) is 4.55. The summed E-state index contributed by atoms with van der Waals surface area (Å²) < 4.78 is 61.1. The van der Waals surface area contributed by atoms with Crippen molar-refractivity contribution >= 4 is 17.5 Å². The Morgan fingerprint density at radius 1 is 1.04 bits per heavy atom. The van der Waals surface area contributed by atoms with E-state index in [9.17, 15) is 27.6 Å². The van der Waals surface area contributed by atoms with Crippen molar-refractivity contribution in [3.8, 4) is 0 Å². The number of carbonyl (C=O) groups excluding carboxylic acids is 3. The topological polar surface area (TPSA) is 88.1 Å². The number of ether oxygens (including phenoxy) is 4. The molecular weight excluding hydrogens is 373 g/mol. The van der Waals surface area contributed by atoms with E-state index in [0.29, 0.717) is 0 Å². The summed E-state index contributed by atoms with van der Waals surface area (Å²) >= 11 is 0. The number of hydrogen-bond donors (Lipinski definition) is 0. The Balaban J connectivity index is 1.47. The first kappa shape index (κ1) is 16.4. The van der Waals surface area contributed by atoms with Crippen LogP contribution in [0.5, 0.6) is 0 Å². The number of alkyl halides is 3. The van der Waals surface area contributed by atoms with Gasteiger partial charge in [-0.3, -0.25) is 9.59 Å². The molecule has 146 valence electrons. The minimum Gasteiger partial charge on any atom is -0.452 e. The zero-order valence-corrected chi connectivity index (χ0v) is 13.9. The molecule has 27 heavy (non-hydrogen) atoms. The average Bonchev–Trinajstić information content (AvgIpc) is 3.30. The molecule has 7 fully saturated rings. The fourth-order valence-electron chi connectivity index (χ4n) is 6.77. The normalized spacial score (nSPS) is 54.4. The smallest absolute Gasteiger partial charge is 0.452 e. The second-order valence-corrected chi connectivity index (χ2v) is 8.47. The number of rotatable bonds is 1. The molecule has 0 radical (unpaired) electrons. The van der Waals surface area contributed by atoms with Gasteiger partial charge in [0, 0.05) is 30.1 Å². The van der Waals surface area contributed by atoms with Crippen molar-refractivity contribution in [1.29, 1.82) is 0 Å². The van der Waals surface area contributed by atoms with Gasteiger partial charge in [-0.2, -0.15) is 13.2 Å². The van der Waals surface area contributed by atoms with Crippen LogP contribution in [0.4, 0.5) is 13.2 Å². The quantitative estimate of drug-likeness (QED) is 0.599. The van der Waals surface area contributed by atoms with Crippen LogP contribution in [0, 0.1) is 17.3 Å². The SMILES string of the molecule is O=C1C[C@H]2O[C@@H]1[C@@]13CO[C@@]4([C@H]([C@H]21)[C@H]1CC(=O)[C@@H]4O1)[C@@H](OC(=O)C(F)(F)F)C3. The highest BCUT2D eigenvalue weighted by Gasteiger charge is 2.84. The van der Waals surface area contributed by atoms with Crippen molar-refractivity contribution in [2.45, 2.75) is 61.6 Å². The average molecular weight is 388 g/mol. The standard InChI is InChI=1S/C17H15F3O7/c18-17(19,20)14(23)27-9-3-15-4-24-16(9)11(8-2-6(22)13(16)26-8)10(15)7-1-5(21)12(15)25-7/h7-13H,1-4H2/t7-,8-,9+,10+,11+,12+,13+,15+,16-/m1/s1. The summed E-state index contributed by atoms with van der Waals surface area (Å²) in [4.78, 5) is 36.2. The Bertz CT molecular complexity index is 796. The molecule has 6 bridgehead atoms. The molecule has 7 aliphatic rings. The van der Waals surface area contributed by atoms with E-state index in [0.717, 1.165) is 0 Å². The summed E-state index contributed by atoms with van der Waals surface area (Å²) in [6.07, 6.45) is -8.76. The highest BCUT2D eigenvalue weighted by Crippen LogP contribution is 2.71. The first-order chi connectivity index (χ1) is 12.7. The number of Topliss-reactive ketones (excluding diaryl/α,β-unsaturated/α-hetero) is 2. The Morgan fingerprint density at radius 3 is 2.37 bits per heavy atom. The summed E-state index contributed by atoms with van der Waals surface area (Å²) in [7, 11) is 0. The van der Waals surface area contributed by atoms with E-state index in [1.165, 1.54) is 0 Å². The van der Waals surface area contributed by atoms with E-state index < -0.39 is 53.5 Å². The van der Waals surface area contributed by atoms with E-state index in [4.69, 9.17) is 18.9 Å². The van der Waals surface area contributed by atoms with E-state index in [2.05, 4.69) is 0 Å². The van der Waals surface area contributed by atoms with Gasteiger partial charge in [0.15, 0.2) is 11.6 Å². The van der Waals surface area contributed by atoms with Gasteiger partial charge in [0.1, 0.15) is 23.9 Å². The van der Waals surface area contributed by atoms with Crippen molar-refractivity contribution in [1.82, 2.24) is 0 Å². The van der Waals surface area contributed by atoms with Crippen LogP contribution in [0.25, 0.3) is 0 Å². The molecule has 0 aromatic heterocycles. The van der Waals surface area contributed by atoms with Crippen molar-refractivity contribution < 1.29 is 46.5 Å². The molecule has 7 nitrogen and oxygen atoms in total. The second-order valence-electron chi connectivity index (χ2n) is 8.47. The van der Waals surface area contributed by atoms with Gasteiger partial charge in [-0.1, -0.05) is 0 Å². The van der Waals surface area contributed by atoms with E-state index in [-0.39, 0.29) is 49.5 Å². The first-order valence-corrected chi connectivity index (χ1v) is 8.96. The van der Waals surface area contributed by atoms with Gasteiger partial charge in [-0.25, -0.2) is 4.79 Å². The number of halogens is 3. The maximum Gasteiger partial charge on any atom is 0.490 e. The molecular formula is C17H15F3O7. The van der Waals surface area contributed by atoms with Gasteiger partial charge < -0.3 is 18.9 Å². The number of carbonyl (C=O) groups is 3. The summed E-state index contributed by atoms with van der Waals surface area (Å²) in [5.74, 6) is -3.26. The lowest BCUT2D eigenvalue weighted by atomic mass is 9.46. The third kappa shape index (κ3) is 1.65. The zero-order chi connectivity index (χ0) is 18.9. The molecule has 2 spiro atoms. The molecule has 0 aromatic carbocycles. The molecule has 6 aliphatic heterocycles. The van der Waals surface area contributed by atoms with E-state index in [1.54, 1.807) is 0 Å². The molecule has 0 aromatic rings. The van der Waals surface area contributed by atoms with Crippen molar-refractivity contribution in [3.05, 3.63) is 0 Å². The molecule has 10 heteroatoms. The van der Waals surface area contributed by atoms with Gasteiger partial charge in [0.25, 0.3) is 0 Å². The molecule has 9 atom stereocenters. The van der Waals surface area contributed by atoms with Crippen LogP contribution in [0.1, 0.15) is 19.3 Å². The highest BCUT2D eigenvalue weighted by atomic mass is 19.4. The fourth-order valence-corrected chi connectivity index (χ4v) is 6.77. The molecule has 0 N–H and O–H groups in total. The molecule has 1 aliphatic carbocycles. The number of ketones is 2.